The topological polar surface area (TPSA) is 88.9 Å². The molecule has 2 N–H and O–H groups in total. The standard InChI is InChI=1S/C23H25N5O2/c1-24-20-13-18(25-22(27-20)16-8-9-16)12-19(15-6-4-3-5-7-15)26-23(30)17-10-11-21(29)28(2)14-17/h3-7,10-11,13-14,16,19H,8-9,12H2,1-2H3,(H,26,30)(H,24,25,27)/t19-/m1/s1. The number of carbonyl (C=O) groups excluding carboxylic acids is 1. The van der Waals surface area contributed by atoms with Crippen LogP contribution in [0.5, 0.6) is 0 Å². The average molecular weight is 403 g/mol. The number of aryl methyl sites for hydroxylation is 1. The van der Waals surface area contributed by atoms with Gasteiger partial charge >= 0.3 is 0 Å². The van der Waals surface area contributed by atoms with Gasteiger partial charge in [-0.1, -0.05) is 30.3 Å². The summed E-state index contributed by atoms with van der Waals surface area (Å²) in [6, 6.07) is 14.5. The van der Waals surface area contributed by atoms with E-state index >= 15 is 0 Å². The highest BCUT2D eigenvalue weighted by molar-refractivity contribution is 5.94. The summed E-state index contributed by atoms with van der Waals surface area (Å²) in [6.07, 6.45) is 4.34. The highest BCUT2D eigenvalue weighted by Crippen LogP contribution is 2.38. The van der Waals surface area contributed by atoms with Gasteiger partial charge in [-0.15, -0.1) is 0 Å². The van der Waals surface area contributed by atoms with Crippen LogP contribution in [0.25, 0.3) is 0 Å². The number of nitrogens with one attached hydrogen (secondary N) is 2. The average Bonchev–Trinajstić information content (AvgIpc) is 3.61. The molecule has 7 heteroatoms. The van der Waals surface area contributed by atoms with Crippen LogP contribution in [0.4, 0.5) is 5.82 Å². The third-order valence-electron chi connectivity index (χ3n) is 5.26. The first-order valence-corrected chi connectivity index (χ1v) is 10.1. The van der Waals surface area contributed by atoms with E-state index in [0.717, 1.165) is 35.7 Å². The number of pyridine rings is 1. The van der Waals surface area contributed by atoms with Crippen molar-refractivity contribution in [3.05, 3.63) is 87.7 Å². The minimum atomic E-state index is -0.261. The van der Waals surface area contributed by atoms with Gasteiger partial charge in [0.05, 0.1) is 11.6 Å². The first-order chi connectivity index (χ1) is 14.5. The van der Waals surface area contributed by atoms with Crippen molar-refractivity contribution in [1.29, 1.82) is 0 Å². The van der Waals surface area contributed by atoms with E-state index < -0.39 is 0 Å². The van der Waals surface area contributed by atoms with Crippen molar-refractivity contribution in [3.8, 4) is 0 Å². The number of rotatable bonds is 7. The second-order valence-corrected chi connectivity index (χ2v) is 7.63. The van der Waals surface area contributed by atoms with E-state index in [9.17, 15) is 9.59 Å². The normalized spacial score (nSPS) is 14.2. The number of nitrogens with zero attached hydrogens (tertiary/aromatic N) is 3. The molecule has 2 aromatic heterocycles. The Kier molecular flexibility index (Phi) is 5.61. The SMILES string of the molecule is CNc1cc(C[C@@H](NC(=O)c2ccc(=O)n(C)c2)c2ccccc2)nc(C2CC2)n1. The fraction of sp³-hybridized carbons (Fsp3) is 0.304. The Labute approximate surface area is 175 Å². The van der Waals surface area contributed by atoms with Crippen molar-refractivity contribution < 1.29 is 4.79 Å². The molecule has 1 fully saturated rings. The molecule has 1 saturated carbocycles. The zero-order valence-electron chi connectivity index (χ0n) is 17.1. The van der Waals surface area contributed by atoms with E-state index in [1.165, 1.54) is 10.6 Å². The summed E-state index contributed by atoms with van der Waals surface area (Å²) in [5, 5.41) is 6.22. The second-order valence-electron chi connectivity index (χ2n) is 7.63. The van der Waals surface area contributed by atoms with Crippen LogP contribution in [0.15, 0.2) is 59.5 Å². The van der Waals surface area contributed by atoms with E-state index in [2.05, 4.69) is 15.6 Å². The Morgan fingerprint density at radius 2 is 1.93 bits per heavy atom. The first-order valence-electron chi connectivity index (χ1n) is 10.1. The molecule has 1 aliphatic rings. The maximum absolute atomic E-state index is 12.9. The molecule has 1 amide bonds. The van der Waals surface area contributed by atoms with Gasteiger partial charge in [-0.3, -0.25) is 9.59 Å². The summed E-state index contributed by atoms with van der Waals surface area (Å²) in [5.41, 5.74) is 2.16. The summed E-state index contributed by atoms with van der Waals surface area (Å²) in [7, 11) is 3.48. The lowest BCUT2D eigenvalue weighted by molar-refractivity contribution is 0.0935. The zero-order valence-corrected chi connectivity index (χ0v) is 17.1. The van der Waals surface area contributed by atoms with Crippen molar-refractivity contribution in [2.45, 2.75) is 31.2 Å². The molecule has 7 nitrogen and oxygen atoms in total. The Hall–Kier alpha value is -3.48. The molecule has 1 atom stereocenters. The summed E-state index contributed by atoms with van der Waals surface area (Å²) in [5.74, 6) is 1.86. The van der Waals surface area contributed by atoms with Gasteiger partial charge in [0.1, 0.15) is 11.6 Å². The molecule has 4 rings (SSSR count). The van der Waals surface area contributed by atoms with Gasteiger partial charge in [0, 0.05) is 50.5 Å². The number of aromatic nitrogens is 3. The van der Waals surface area contributed by atoms with Gasteiger partial charge in [-0.2, -0.15) is 0 Å². The van der Waals surface area contributed by atoms with Crippen molar-refractivity contribution in [2.75, 3.05) is 12.4 Å². The predicted molar refractivity (Wildman–Crippen MR) is 116 cm³/mol. The number of hydrogen-bond acceptors (Lipinski definition) is 5. The van der Waals surface area contributed by atoms with E-state index in [1.54, 1.807) is 19.3 Å². The smallest absolute Gasteiger partial charge is 0.253 e. The molecule has 1 aliphatic carbocycles. The number of carbonyl (C=O) groups is 1. The molecule has 0 radical (unpaired) electrons. The highest BCUT2D eigenvalue weighted by Gasteiger charge is 2.28. The minimum Gasteiger partial charge on any atom is -0.373 e. The maximum atomic E-state index is 12.9. The van der Waals surface area contributed by atoms with E-state index in [-0.39, 0.29) is 17.5 Å². The van der Waals surface area contributed by atoms with Gasteiger partial charge in [0.25, 0.3) is 5.91 Å². The molecule has 0 spiro atoms. The summed E-state index contributed by atoms with van der Waals surface area (Å²) >= 11 is 0. The number of hydrogen-bond donors (Lipinski definition) is 2. The van der Waals surface area contributed by atoms with Crippen LogP contribution in [-0.4, -0.2) is 27.5 Å². The summed E-state index contributed by atoms with van der Waals surface area (Å²) in [6.45, 7) is 0. The molecular weight excluding hydrogens is 378 g/mol. The molecule has 1 aromatic carbocycles. The quantitative estimate of drug-likeness (QED) is 0.633. The van der Waals surface area contributed by atoms with Gasteiger partial charge in [-0.05, 0) is 24.5 Å². The lowest BCUT2D eigenvalue weighted by atomic mass is 10.0. The maximum Gasteiger partial charge on any atom is 0.253 e. The predicted octanol–water partition coefficient (Wildman–Crippen LogP) is 2.81. The van der Waals surface area contributed by atoms with Crippen LogP contribution in [-0.2, 0) is 13.5 Å². The lowest BCUT2D eigenvalue weighted by Gasteiger charge is -2.20. The van der Waals surface area contributed by atoms with Crippen LogP contribution in [0.2, 0.25) is 0 Å². The Bertz CT molecular complexity index is 1110. The molecule has 2 heterocycles. The van der Waals surface area contributed by atoms with E-state index in [4.69, 9.17) is 4.98 Å². The molecule has 154 valence electrons. The van der Waals surface area contributed by atoms with Crippen molar-refractivity contribution in [2.24, 2.45) is 7.05 Å². The fourth-order valence-electron chi connectivity index (χ4n) is 3.39. The first kappa shape index (κ1) is 19.8. The number of anilines is 1. The van der Waals surface area contributed by atoms with Crippen molar-refractivity contribution >= 4 is 11.7 Å². The van der Waals surface area contributed by atoms with Crippen LogP contribution in [0, 0.1) is 0 Å². The zero-order chi connectivity index (χ0) is 21.1. The number of amides is 1. The fourth-order valence-corrected chi connectivity index (χ4v) is 3.39. The van der Waals surface area contributed by atoms with E-state index in [1.807, 2.05) is 43.4 Å². The van der Waals surface area contributed by atoms with Gasteiger partial charge in [0.2, 0.25) is 5.56 Å². The van der Waals surface area contributed by atoms with Crippen molar-refractivity contribution in [1.82, 2.24) is 19.9 Å². The van der Waals surface area contributed by atoms with Gasteiger partial charge < -0.3 is 15.2 Å². The molecule has 0 aliphatic heterocycles. The number of benzene rings is 1. The molecular formula is C23H25N5O2. The Morgan fingerprint density at radius 3 is 2.60 bits per heavy atom. The van der Waals surface area contributed by atoms with Crippen LogP contribution in [0.3, 0.4) is 0 Å². The van der Waals surface area contributed by atoms with Gasteiger partial charge in [-0.25, -0.2) is 9.97 Å². The Morgan fingerprint density at radius 1 is 1.17 bits per heavy atom. The summed E-state index contributed by atoms with van der Waals surface area (Å²) < 4.78 is 1.40. The largest absolute Gasteiger partial charge is 0.373 e. The Balaban J connectivity index is 1.62. The molecule has 0 unspecified atom stereocenters. The molecule has 0 bridgehead atoms. The third kappa shape index (κ3) is 4.56. The minimum absolute atomic E-state index is 0.153. The molecule has 3 aromatic rings. The van der Waals surface area contributed by atoms with Crippen LogP contribution >= 0.6 is 0 Å². The van der Waals surface area contributed by atoms with Gasteiger partial charge in [0.15, 0.2) is 0 Å². The third-order valence-corrected chi connectivity index (χ3v) is 5.26. The monoisotopic (exact) mass is 403 g/mol. The van der Waals surface area contributed by atoms with Crippen molar-refractivity contribution in [3.63, 3.8) is 0 Å². The highest BCUT2D eigenvalue weighted by atomic mass is 16.2. The van der Waals surface area contributed by atoms with E-state index in [0.29, 0.717) is 17.9 Å². The molecule has 30 heavy (non-hydrogen) atoms. The van der Waals surface area contributed by atoms with Crippen LogP contribution in [0.1, 0.15) is 52.2 Å². The van der Waals surface area contributed by atoms with Crippen LogP contribution < -0.4 is 16.2 Å². The lowest BCUT2D eigenvalue weighted by Crippen LogP contribution is -2.31. The molecule has 0 saturated heterocycles. The summed E-state index contributed by atoms with van der Waals surface area (Å²) in [4.78, 5) is 33.9. The second kappa shape index (κ2) is 8.49.